The Labute approximate surface area is 103 Å². The summed E-state index contributed by atoms with van der Waals surface area (Å²) in [4.78, 5) is 59.9. The maximum absolute atomic E-state index is 11.7. The highest BCUT2D eigenvalue weighted by atomic mass is 16.7. The molecular weight excluding hydrogens is 244 g/mol. The number of hydrogen-bond acceptors (Lipinski definition) is 6. The van der Waals surface area contributed by atoms with Gasteiger partial charge in [0.25, 0.3) is 11.8 Å². The number of nitrogens with one attached hydrogen (secondary N) is 1. The molecule has 0 radical (unpaired) electrons. The van der Waals surface area contributed by atoms with Crippen LogP contribution in [0.25, 0.3) is 0 Å². The summed E-state index contributed by atoms with van der Waals surface area (Å²) in [6.07, 6.45) is 0. The summed E-state index contributed by atoms with van der Waals surface area (Å²) in [5, 5.41) is 2.08. The van der Waals surface area contributed by atoms with E-state index >= 15 is 0 Å². The number of hydrogen-bond donors (Lipinski definition) is 1. The second-order valence-corrected chi connectivity index (χ2v) is 3.50. The van der Waals surface area contributed by atoms with E-state index in [0.29, 0.717) is 0 Å². The Morgan fingerprint density at radius 1 is 1.06 bits per heavy atom. The molecule has 0 saturated heterocycles. The summed E-state index contributed by atoms with van der Waals surface area (Å²) in [5.41, 5.74) is 0. The van der Waals surface area contributed by atoms with Crippen LogP contribution in [0.3, 0.4) is 0 Å². The molecule has 0 aliphatic carbocycles. The molecule has 0 aliphatic heterocycles. The lowest BCUT2D eigenvalue weighted by Gasteiger charge is -2.19. The van der Waals surface area contributed by atoms with E-state index in [-0.39, 0.29) is 5.06 Å². The number of carbonyl (C=O) groups excluding carboxylic acids is 5. The second-order valence-electron chi connectivity index (χ2n) is 3.50. The highest BCUT2D eigenvalue weighted by Gasteiger charge is 2.31. The van der Waals surface area contributed by atoms with E-state index in [1.54, 1.807) is 0 Å². The maximum Gasteiger partial charge on any atom is 0.330 e. The van der Waals surface area contributed by atoms with Gasteiger partial charge in [0.15, 0.2) is 0 Å². The second kappa shape index (κ2) is 6.48. The van der Waals surface area contributed by atoms with Crippen molar-refractivity contribution in [3.05, 3.63) is 0 Å². The third kappa shape index (κ3) is 4.73. The van der Waals surface area contributed by atoms with Crippen LogP contribution in [0.15, 0.2) is 0 Å². The van der Waals surface area contributed by atoms with E-state index in [1.807, 2.05) is 5.32 Å². The molecule has 0 aromatic rings. The third-order valence-electron chi connectivity index (χ3n) is 1.77. The summed E-state index contributed by atoms with van der Waals surface area (Å²) >= 11 is 0. The van der Waals surface area contributed by atoms with Crippen molar-refractivity contribution in [3.8, 4) is 0 Å². The molecule has 8 nitrogen and oxygen atoms in total. The van der Waals surface area contributed by atoms with Gasteiger partial charge < -0.3 is 4.84 Å². The maximum atomic E-state index is 11.7. The molecule has 4 amide bonds. The minimum absolute atomic E-state index is 0.187. The first-order valence-corrected chi connectivity index (χ1v) is 5.01. The fourth-order valence-corrected chi connectivity index (χ4v) is 0.963. The van der Waals surface area contributed by atoms with Gasteiger partial charge in [-0.05, 0) is 6.92 Å². The Morgan fingerprint density at radius 3 is 1.89 bits per heavy atom. The van der Waals surface area contributed by atoms with Crippen molar-refractivity contribution in [1.82, 2.24) is 10.4 Å². The lowest BCUT2D eigenvalue weighted by atomic mass is 10.1. The van der Waals surface area contributed by atoms with Gasteiger partial charge >= 0.3 is 5.97 Å². The summed E-state index contributed by atoms with van der Waals surface area (Å²) in [7, 11) is 0. The van der Waals surface area contributed by atoms with Gasteiger partial charge in [-0.15, -0.1) is 5.06 Å². The van der Waals surface area contributed by atoms with Crippen LogP contribution < -0.4 is 5.32 Å². The van der Waals surface area contributed by atoms with E-state index in [9.17, 15) is 24.0 Å². The highest BCUT2D eigenvalue weighted by Crippen LogP contribution is 2.05. The first-order valence-electron chi connectivity index (χ1n) is 5.01. The molecule has 1 N–H and O–H groups in total. The molecule has 0 aliphatic rings. The average Bonchev–Trinajstić information content (AvgIpc) is 2.22. The predicted molar refractivity (Wildman–Crippen MR) is 57.3 cm³/mol. The Balaban J connectivity index is 4.86. The normalized spacial score (nSPS) is 11.1. The molecule has 0 bridgehead atoms. The summed E-state index contributed by atoms with van der Waals surface area (Å²) < 4.78 is 0. The van der Waals surface area contributed by atoms with Crippen LogP contribution in [-0.2, 0) is 28.8 Å². The van der Waals surface area contributed by atoms with Crippen LogP contribution in [0.4, 0.5) is 0 Å². The fraction of sp³-hybridized carbons (Fsp3) is 0.500. The fourth-order valence-electron chi connectivity index (χ4n) is 0.963. The standard InChI is InChI=1S/C10H14N2O6/c1-5(9(16)11-6(2)13)10(17)12(7(3)14)18-8(4)15/h5H,1-4H3,(H,11,13,16). The minimum Gasteiger partial charge on any atom is -0.331 e. The Morgan fingerprint density at radius 2 is 1.56 bits per heavy atom. The molecule has 0 aromatic heterocycles. The minimum atomic E-state index is -1.34. The van der Waals surface area contributed by atoms with Crippen molar-refractivity contribution < 1.29 is 28.8 Å². The van der Waals surface area contributed by atoms with Crippen molar-refractivity contribution in [1.29, 1.82) is 0 Å². The molecule has 100 valence electrons. The number of carbonyl (C=O) groups is 5. The van der Waals surface area contributed by atoms with Gasteiger partial charge in [0.2, 0.25) is 11.8 Å². The third-order valence-corrected chi connectivity index (χ3v) is 1.77. The van der Waals surface area contributed by atoms with Crippen LogP contribution in [0.5, 0.6) is 0 Å². The molecule has 0 heterocycles. The van der Waals surface area contributed by atoms with E-state index in [1.165, 1.54) is 6.92 Å². The highest BCUT2D eigenvalue weighted by molar-refractivity contribution is 6.09. The lowest BCUT2D eigenvalue weighted by molar-refractivity contribution is -0.202. The molecular formula is C10H14N2O6. The van der Waals surface area contributed by atoms with Crippen molar-refractivity contribution in [2.45, 2.75) is 27.7 Å². The largest absolute Gasteiger partial charge is 0.331 e. The number of rotatable bonds is 2. The van der Waals surface area contributed by atoms with Crippen molar-refractivity contribution in [3.63, 3.8) is 0 Å². The van der Waals surface area contributed by atoms with E-state index in [2.05, 4.69) is 4.84 Å². The summed E-state index contributed by atoms with van der Waals surface area (Å²) in [6.45, 7) is 4.28. The number of imide groups is 2. The van der Waals surface area contributed by atoms with E-state index in [4.69, 9.17) is 0 Å². The molecule has 0 spiro atoms. The Hall–Kier alpha value is -2.25. The van der Waals surface area contributed by atoms with Crippen LogP contribution in [-0.4, -0.2) is 34.7 Å². The molecule has 0 rings (SSSR count). The monoisotopic (exact) mass is 258 g/mol. The molecule has 1 unspecified atom stereocenters. The van der Waals surface area contributed by atoms with Crippen LogP contribution in [0.1, 0.15) is 27.7 Å². The van der Waals surface area contributed by atoms with Crippen molar-refractivity contribution >= 4 is 29.6 Å². The number of hydroxylamine groups is 2. The Bertz CT molecular complexity index is 403. The zero-order valence-electron chi connectivity index (χ0n) is 10.5. The van der Waals surface area contributed by atoms with E-state index in [0.717, 1.165) is 20.8 Å². The SMILES string of the molecule is CC(=O)NC(=O)C(C)C(=O)N(OC(C)=O)C(C)=O. The summed E-state index contributed by atoms with van der Waals surface area (Å²) in [5.74, 6) is -5.61. The first-order chi connectivity index (χ1) is 8.16. The number of nitrogens with zero attached hydrogens (tertiary/aromatic N) is 1. The van der Waals surface area contributed by atoms with Gasteiger partial charge in [0, 0.05) is 20.8 Å². The van der Waals surface area contributed by atoms with Crippen LogP contribution in [0, 0.1) is 5.92 Å². The Kier molecular flexibility index (Phi) is 5.67. The van der Waals surface area contributed by atoms with Crippen molar-refractivity contribution in [2.24, 2.45) is 5.92 Å². The van der Waals surface area contributed by atoms with Gasteiger partial charge in [-0.3, -0.25) is 24.5 Å². The van der Waals surface area contributed by atoms with Gasteiger partial charge in [-0.25, -0.2) is 4.79 Å². The molecule has 0 aromatic carbocycles. The molecule has 8 heteroatoms. The smallest absolute Gasteiger partial charge is 0.330 e. The van der Waals surface area contributed by atoms with Crippen LogP contribution >= 0.6 is 0 Å². The van der Waals surface area contributed by atoms with Crippen LogP contribution in [0.2, 0.25) is 0 Å². The van der Waals surface area contributed by atoms with Gasteiger partial charge in [-0.1, -0.05) is 0 Å². The average molecular weight is 258 g/mol. The van der Waals surface area contributed by atoms with Crippen molar-refractivity contribution in [2.75, 3.05) is 0 Å². The van der Waals surface area contributed by atoms with Gasteiger partial charge in [0.1, 0.15) is 5.92 Å². The van der Waals surface area contributed by atoms with Gasteiger partial charge in [-0.2, -0.15) is 0 Å². The first kappa shape index (κ1) is 15.8. The molecule has 0 saturated carbocycles. The topological polar surface area (TPSA) is 110 Å². The molecule has 1 atom stereocenters. The number of amides is 4. The summed E-state index contributed by atoms with van der Waals surface area (Å²) in [6, 6.07) is 0. The predicted octanol–water partition coefficient (Wildman–Crippen LogP) is -0.862. The van der Waals surface area contributed by atoms with E-state index < -0.39 is 35.5 Å². The quantitative estimate of drug-likeness (QED) is 0.509. The van der Waals surface area contributed by atoms with Gasteiger partial charge in [0.05, 0.1) is 0 Å². The zero-order chi connectivity index (χ0) is 14.5. The molecule has 18 heavy (non-hydrogen) atoms. The lowest BCUT2D eigenvalue weighted by Crippen LogP contribution is -2.45. The molecule has 0 fully saturated rings. The zero-order valence-corrected chi connectivity index (χ0v) is 10.5.